The van der Waals surface area contributed by atoms with Gasteiger partial charge in [0.25, 0.3) is 0 Å². The van der Waals surface area contributed by atoms with E-state index >= 15 is 0 Å². The minimum Gasteiger partial charge on any atom is -0.347 e. The number of benzene rings is 1. The Kier molecular flexibility index (Phi) is 2.47. The van der Waals surface area contributed by atoms with Crippen LogP contribution in [0, 0.1) is 11.6 Å². The van der Waals surface area contributed by atoms with Crippen LogP contribution in [0.25, 0.3) is 0 Å². The van der Waals surface area contributed by atoms with Crippen LogP contribution in [0.15, 0.2) is 30.6 Å². The zero-order valence-corrected chi connectivity index (χ0v) is 7.74. The third-order valence-corrected chi connectivity index (χ3v) is 2.12. The lowest BCUT2D eigenvalue weighted by Gasteiger charge is -2.10. The molecule has 0 saturated carbocycles. The lowest BCUT2D eigenvalue weighted by atomic mass is 10.1. The summed E-state index contributed by atoms with van der Waals surface area (Å²) in [6.45, 7) is 0. The number of aromatic amines is 1. The second-order valence-corrected chi connectivity index (χ2v) is 3.09. The lowest BCUT2D eigenvalue weighted by Crippen LogP contribution is -2.17. The molecule has 0 aliphatic rings. The second-order valence-electron chi connectivity index (χ2n) is 3.09. The zero-order chi connectivity index (χ0) is 10.8. The normalized spacial score (nSPS) is 12.7. The molecule has 0 fully saturated rings. The molecule has 78 valence electrons. The van der Waals surface area contributed by atoms with E-state index in [4.69, 9.17) is 5.73 Å². The Labute approximate surface area is 85.0 Å². The third-order valence-electron chi connectivity index (χ3n) is 2.12. The number of nitrogens with zero attached hydrogens (tertiary/aromatic N) is 1. The second kappa shape index (κ2) is 3.78. The van der Waals surface area contributed by atoms with Crippen LogP contribution in [0.4, 0.5) is 8.78 Å². The SMILES string of the molecule is NC(c1ncc[nH]1)c1c(F)cccc1F. The van der Waals surface area contributed by atoms with Gasteiger partial charge in [0, 0.05) is 18.0 Å². The maximum Gasteiger partial charge on any atom is 0.131 e. The number of imidazole rings is 1. The van der Waals surface area contributed by atoms with Crippen molar-refractivity contribution in [2.24, 2.45) is 5.73 Å². The van der Waals surface area contributed by atoms with E-state index in [1.54, 1.807) is 6.20 Å². The van der Waals surface area contributed by atoms with Crippen LogP contribution in [0.2, 0.25) is 0 Å². The molecule has 1 aromatic heterocycles. The van der Waals surface area contributed by atoms with Crippen molar-refractivity contribution in [1.29, 1.82) is 0 Å². The van der Waals surface area contributed by atoms with Gasteiger partial charge >= 0.3 is 0 Å². The number of nitrogens with one attached hydrogen (secondary N) is 1. The van der Waals surface area contributed by atoms with E-state index in [9.17, 15) is 8.78 Å². The first kappa shape index (κ1) is 9.79. The Morgan fingerprint density at radius 3 is 2.47 bits per heavy atom. The van der Waals surface area contributed by atoms with E-state index in [1.807, 2.05) is 0 Å². The van der Waals surface area contributed by atoms with Gasteiger partial charge in [0.05, 0.1) is 6.04 Å². The van der Waals surface area contributed by atoms with E-state index in [-0.39, 0.29) is 5.56 Å². The van der Waals surface area contributed by atoms with Crippen LogP contribution in [0.3, 0.4) is 0 Å². The topological polar surface area (TPSA) is 54.7 Å². The highest BCUT2D eigenvalue weighted by Crippen LogP contribution is 2.22. The number of hydrogen-bond donors (Lipinski definition) is 2. The van der Waals surface area contributed by atoms with Crippen molar-refractivity contribution in [2.75, 3.05) is 0 Å². The quantitative estimate of drug-likeness (QED) is 0.791. The molecular weight excluding hydrogens is 200 g/mol. The molecule has 0 spiro atoms. The van der Waals surface area contributed by atoms with Gasteiger partial charge in [0.15, 0.2) is 0 Å². The highest BCUT2D eigenvalue weighted by molar-refractivity contribution is 5.27. The molecule has 3 nitrogen and oxygen atoms in total. The van der Waals surface area contributed by atoms with Crippen molar-refractivity contribution in [1.82, 2.24) is 9.97 Å². The molecule has 3 N–H and O–H groups in total. The average Bonchev–Trinajstić information content (AvgIpc) is 2.69. The fourth-order valence-corrected chi connectivity index (χ4v) is 1.39. The van der Waals surface area contributed by atoms with Gasteiger partial charge in [-0.25, -0.2) is 13.8 Å². The van der Waals surface area contributed by atoms with Gasteiger partial charge in [-0.05, 0) is 12.1 Å². The molecule has 1 aromatic carbocycles. The summed E-state index contributed by atoms with van der Waals surface area (Å²) in [6, 6.07) is 2.71. The molecule has 0 aliphatic carbocycles. The monoisotopic (exact) mass is 209 g/mol. The van der Waals surface area contributed by atoms with Gasteiger partial charge in [0.2, 0.25) is 0 Å². The summed E-state index contributed by atoms with van der Waals surface area (Å²) in [7, 11) is 0. The van der Waals surface area contributed by atoms with Gasteiger partial charge in [-0.2, -0.15) is 0 Å². The molecule has 5 heteroatoms. The van der Waals surface area contributed by atoms with Crippen LogP contribution in [0.1, 0.15) is 17.4 Å². The number of halogens is 2. The minimum absolute atomic E-state index is 0.174. The van der Waals surface area contributed by atoms with Crippen molar-refractivity contribution >= 4 is 0 Å². The van der Waals surface area contributed by atoms with E-state index in [0.29, 0.717) is 5.82 Å². The first-order valence-electron chi connectivity index (χ1n) is 4.39. The molecule has 0 radical (unpaired) electrons. The van der Waals surface area contributed by atoms with Gasteiger partial charge in [-0.1, -0.05) is 6.07 Å². The predicted molar refractivity (Wildman–Crippen MR) is 51.0 cm³/mol. The highest BCUT2D eigenvalue weighted by atomic mass is 19.1. The first-order valence-corrected chi connectivity index (χ1v) is 4.39. The van der Waals surface area contributed by atoms with Gasteiger partial charge in [-0.3, -0.25) is 0 Å². The summed E-state index contributed by atoms with van der Waals surface area (Å²) < 4.78 is 26.7. The molecule has 1 heterocycles. The summed E-state index contributed by atoms with van der Waals surface area (Å²) in [4.78, 5) is 6.58. The van der Waals surface area contributed by atoms with Crippen molar-refractivity contribution < 1.29 is 8.78 Å². The molecule has 0 aliphatic heterocycles. The Hall–Kier alpha value is -1.75. The maximum absolute atomic E-state index is 13.3. The summed E-state index contributed by atoms with van der Waals surface area (Å²) in [6.07, 6.45) is 3.03. The number of hydrogen-bond acceptors (Lipinski definition) is 2. The van der Waals surface area contributed by atoms with E-state index < -0.39 is 17.7 Å². The highest BCUT2D eigenvalue weighted by Gasteiger charge is 2.19. The first-order chi connectivity index (χ1) is 7.20. The number of rotatable bonds is 2. The van der Waals surface area contributed by atoms with E-state index in [1.165, 1.54) is 24.4 Å². The summed E-state index contributed by atoms with van der Waals surface area (Å²) in [5.41, 5.74) is 5.52. The van der Waals surface area contributed by atoms with E-state index in [0.717, 1.165) is 0 Å². The molecule has 0 bridgehead atoms. The molecule has 0 saturated heterocycles. The van der Waals surface area contributed by atoms with Crippen molar-refractivity contribution in [3.05, 3.63) is 53.6 Å². The zero-order valence-electron chi connectivity index (χ0n) is 7.74. The van der Waals surface area contributed by atoms with Crippen molar-refractivity contribution in [3.63, 3.8) is 0 Å². The smallest absolute Gasteiger partial charge is 0.131 e. The Balaban J connectivity index is 2.46. The largest absolute Gasteiger partial charge is 0.347 e. The van der Waals surface area contributed by atoms with Gasteiger partial charge in [0.1, 0.15) is 17.5 Å². The Bertz CT molecular complexity index is 433. The number of H-pyrrole nitrogens is 1. The fraction of sp³-hybridized carbons (Fsp3) is 0.100. The molecular formula is C10H9F2N3. The fourth-order valence-electron chi connectivity index (χ4n) is 1.39. The van der Waals surface area contributed by atoms with Gasteiger partial charge in [-0.15, -0.1) is 0 Å². The molecule has 2 rings (SSSR count). The van der Waals surface area contributed by atoms with Crippen LogP contribution in [-0.4, -0.2) is 9.97 Å². The summed E-state index contributed by atoms with van der Waals surface area (Å²) in [5, 5.41) is 0. The Morgan fingerprint density at radius 2 is 1.93 bits per heavy atom. The van der Waals surface area contributed by atoms with Crippen molar-refractivity contribution in [2.45, 2.75) is 6.04 Å². The number of nitrogens with two attached hydrogens (primary N) is 1. The van der Waals surface area contributed by atoms with Crippen LogP contribution >= 0.6 is 0 Å². The minimum atomic E-state index is -0.916. The standard InChI is InChI=1S/C10H9F2N3/c11-6-2-1-3-7(12)8(6)9(13)10-14-4-5-15-10/h1-5,9H,13H2,(H,14,15). The maximum atomic E-state index is 13.3. The van der Waals surface area contributed by atoms with Crippen LogP contribution < -0.4 is 5.73 Å². The lowest BCUT2D eigenvalue weighted by molar-refractivity contribution is 0.538. The van der Waals surface area contributed by atoms with Crippen LogP contribution in [-0.2, 0) is 0 Å². The number of aromatic nitrogens is 2. The van der Waals surface area contributed by atoms with E-state index in [2.05, 4.69) is 9.97 Å². The molecule has 1 atom stereocenters. The van der Waals surface area contributed by atoms with Gasteiger partial charge < -0.3 is 10.7 Å². The molecule has 0 amide bonds. The molecule has 1 unspecified atom stereocenters. The Morgan fingerprint density at radius 1 is 1.27 bits per heavy atom. The predicted octanol–water partition coefficient (Wildman–Crippen LogP) is 1.74. The summed E-state index contributed by atoms with van der Waals surface area (Å²) in [5.74, 6) is -1.00. The van der Waals surface area contributed by atoms with Crippen molar-refractivity contribution in [3.8, 4) is 0 Å². The summed E-state index contributed by atoms with van der Waals surface area (Å²) >= 11 is 0. The molecule has 2 aromatic rings. The average molecular weight is 209 g/mol. The third kappa shape index (κ3) is 1.73. The van der Waals surface area contributed by atoms with Crippen LogP contribution in [0.5, 0.6) is 0 Å². The molecule has 15 heavy (non-hydrogen) atoms.